The second kappa shape index (κ2) is 8.88. The maximum atomic E-state index is 13.5. The highest BCUT2D eigenvalue weighted by molar-refractivity contribution is 6.31. The van der Waals surface area contributed by atoms with Crippen molar-refractivity contribution in [2.24, 2.45) is 0 Å². The number of benzene rings is 2. The van der Waals surface area contributed by atoms with Gasteiger partial charge in [0.2, 0.25) is 5.78 Å². The number of ketones is 2. The predicted molar refractivity (Wildman–Crippen MR) is 131 cm³/mol. The van der Waals surface area contributed by atoms with E-state index in [0.29, 0.717) is 44.4 Å². The quantitative estimate of drug-likeness (QED) is 0.394. The van der Waals surface area contributed by atoms with Crippen molar-refractivity contribution in [1.82, 2.24) is 19.2 Å². The number of Topliss-reactive ketones (excluding diaryl/α,β-unsaturated/α-hetero) is 1. The molecule has 168 valence electrons. The van der Waals surface area contributed by atoms with Crippen molar-refractivity contribution in [1.29, 1.82) is 0 Å². The highest BCUT2D eigenvalue weighted by atomic mass is 35.5. The zero-order valence-electron chi connectivity index (χ0n) is 18.1. The first-order valence-corrected chi connectivity index (χ1v) is 11.5. The molecule has 3 heterocycles. The Kier molecular flexibility index (Phi) is 5.93. The van der Waals surface area contributed by atoms with Crippen molar-refractivity contribution < 1.29 is 9.59 Å². The van der Waals surface area contributed by atoms with Gasteiger partial charge in [-0.3, -0.25) is 18.9 Å². The molecule has 1 aliphatic rings. The first kappa shape index (κ1) is 22.0. The molecule has 0 saturated carbocycles. The van der Waals surface area contributed by atoms with Gasteiger partial charge in [-0.05, 0) is 55.6 Å². The Labute approximate surface area is 201 Å². The van der Waals surface area contributed by atoms with E-state index in [1.54, 1.807) is 53.2 Å². The molecular weight excluding hydrogens is 459 g/mol. The number of fused-ring (bicyclic) bond motifs is 3. The number of carbonyl (C=O) groups is 2. The van der Waals surface area contributed by atoms with Crippen LogP contribution >= 0.6 is 23.2 Å². The van der Waals surface area contributed by atoms with Crippen LogP contribution < -0.4 is 0 Å². The maximum Gasteiger partial charge on any atom is 0.209 e. The Morgan fingerprint density at radius 1 is 0.939 bits per heavy atom. The fourth-order valence-corrected chi connectivity index (χ4v) is 4.57. The standard InChI is InChI=1S/C25H22Cl2N4O2/c1-29-8-10-30(11-9-29)14-23(32)20-13-22(25(33)16-2-4-17(26)5-3-16)31-15-28-21-12-18(27)6-7-19(21)24(20)31/h2-7,12-13,15H,8-11,14H2,1H3. The number of carbonyl (C=O) groups excluding carboxylic acids is 2. The number of halogens is 2. The fraction of sp³-hybridized carbons (Fsp3) is 0.240. The predicted octanol–water partition coefficient (Wildman–Crippen LogP) is 4.46. The lowest BCUT2D eigenvalue weighted by Gasteiger charge is -2.31. The van der Waals surface area contributed by atoms with Crippen LogP contribution in [0.5, 0.6) is 0 Å². The second-order valence-corrected chi connectivity index (χ2v) is 9.28. The summed E-state index contributed by atoms with van der Waals surface area (Å²) in [6, 6.07) is 13.8. The molecule has 0 spiro atoms. The molecule has 0 atom stereocenters. The fourth-order valence-electron chi connectivity index (χ4n) is 4.28. The first-order valence-electron chi connectivity index (χ1n) is 10.7. The van der Waals surface area contributed by atoms with E-state index in [-0.39, 0.29) is 11.6 Å². The summed E-state index contributed by atoms with van der Waals surface area (Å²) < 4.78 is 1.71. The van der Waals surface area contributed by atoms with Crippen LogP contribution in [0.25, 0.3) is 16.4 Å². The van der Waals surface area contributed by atoms with Crippen molar-refractivity contribution in [3.05, 3.63) is 81.7 Å². The van der Waals surface area contributed by atoms with Crippen molar-refractivity contribution in [3.63, 3.8) is 0 Å². The molecule has 6 nitrogen and oxygen atoms in total. The summed E-state index contributed by atoms with van der Waals surface area (Å²) in [5, 5.41) is 1.90. The van der Waals surface area contributed by atoms with Gasteiger partial charge in [0.25, 0.3) is 0 Å². The van der Waals surface area contributed by atoms with Crippen LogP contribution in [-0.4, -0.2) is 70.5 Å². The number of likely N-dealkylation sites (N-methyl/N-ethyl adjacent to an activating group) is 1. The number of hydrogen-bond acceptors (Lipinski definition) is 5. The van der Waals surface area contributed by atoms with E-state index in [2.05, 4.69) is 21.8 Å². The maximum absolute atomic E-state index is 13.5. The Bertz CT molecular complexity index is 1370. The molecule has 2 aromatic heterocycles. The highest BCUT2D eigenvalue weighted by Gasteiger charge is 2.25. The summed E-state index contributed by atoms with van der Waals surface area (Å²) in [6.07, 6.45) is 1.59. The van der Waals surface area contributed by atoms with Crippen LogP contribution in [0.15, 0.2) is 54.9 Å². The summed E-state index contributed by atoms with van der Waals surface area (Å²) in [5.74, 6) is -0.218. The Morgan fingerprint density at radius 3 is 2.36 bits per heavy atom. The summed E-state index contributed by atoms with van der Waals surface area (Å²) in [5.41, 5.74) is 2.74. The molecule has 4 aromatic rings. The van der Waals surface area contributed by atoms with Gasteiger partial charge in [-0.25, -0.2) is 4.98 Å². The van der Waals surface area contributed by atoms with Gasteiger partial charge in [0.15, 0.2) is 5.78 Å². The summed E-state index contributed by atoms with van der Waals surface area (Å²) in [7, 11) is 2.08. The number of aromatic nitrogens is 2. The summed E-state index contributed by atoms with van der Waals surface area (Å²) in [4.78, 5) is 35.8. The molecule has 0 bridgehead atoms. The molecule has 0 amide bonds. The number of rotatable bonds is 5. The van der Waals surface area contributed by atoms with Gasteiger partial charge in [0.1, 0.15) is 6.33 Å². The van der Waals surface area contributed by atoms with Crippen molar-refractivity contribution >= 4 is 51.2 Å². The highest BCUT2D eigenvalue weighted by Crippen LogP contribution is 2.29. The molecule has 1 saturated heterocycles. The van der Waals surface area contributed by atoms with Gasteiger partial charge in [0.05, 0.1) is 23.3 Å². The lowest BCUT2D eigenvalue weighted by atomic mass is 10.1. The van der Waals surface area contributed by atoms with Gasteiger partial charge in [0, 0.05) is 52.7 Å². The van der Waals surface area contributed by atoms with Gasteiger partial charge in [-0.1, -0.05) is 23.2 Å². The third-order valence-corrected chi connectivity index (χ3v) is 6.65. The van der Waals surface area contributed by atoms with Crippen LogP contribution in [0.1, 0.15) is 26.4 Å². The van der Waals surface area contributed by atoms with Crippen molar-refractivity contribution in [3.8, 4) is 0 Å². The van der Waals surface area contributed by atoms with E-state index >= 15 is 0 Å². The lowest BCUT2D eigenvalue weighted by Crippen LogP contribution is -2.46. The zero-order chi connectivity index (χ0) is 23.1. The largest absolute Gasteiger partial charge is 0.304 e. The normalized spacial score (nSPS) is 15.4. The second-order valence-electron chi connectivity index (χ2n) is 8.41. The van der Waals surface area contributed by atoms with Crippen LogP contribution in [0.4, 0.5) is 0 Å². The SMILES string of the molecule is CN1CCN(CC(=O)c2cc(C(=O)c3ccc(Cl)cc3)n3cnc4cc(Cl)ccc4c23)CC1. The van der Waals surface area contributed by atoms with Crippen LogP contribution in [-0.2, 0) is 0 Å². The van der Waals surface area contributed by atoms with Gasteiger partial charge >= 0.3 is 0 Å². The first-order chi connectivity index (χ1) is 15.9. The molecule has 0 N–H and O–H groups in total. The number of hydrogen-bond donors (Lipinski definition) is 0. The van der Waals surface area contributed by atoms with Gasteiger partial charge in [-0.2, -0.15) is 0 Å². The minimum absolute atomic E-state index is 0.0188. The molecule has 0 aliphatic carbocycles. The molecule has 33 heavy (non-hydrogen) atoms. The van der Waals surface area contributed by atoms with E-state index < -0.39 is 0 Å². The zero-order valence-corrected chi connectivity index (χ0v) is 19.6. The average molecular weight is 481 g/mol. The Morgan fingerprint density at radius 2 is 1.64 bits per heavy atom. The van der Waals surface area contributed by atoms with Crippen LogP contribution in [0.3, 0.4) is 0 Å². The van der Waals surface area contributed by atoms with E-state index in [0.717, 1.165) is 31.6 Å². The third kappa shape index (κ3) is 4.27. The smallest absolute Gasteiger partial charge is 0.209 e. The van der Waals surface area contributed by atoms with E-state index in [9.17, 15) is 9.59 Å². The van der Waals surface area contributed by atoms with Crippen molar-refractivity contribution in [2.45, 2.75) is 0 Å². The monoisotopic (exact) mass is 480 g/mol. The van der Waals surface area contributed by atoms with E-state index in [4.69, 9.17) is 23.2 Å². The minimum Gasteiger partial charge on any atom is -0.304 e. The van der Waals surface area contributed by atoms with Gasteiger partial charge in [-0.15, -0.1) is 0 Å². The summed E-state index contributed by atoms with van der Waals surface area (Å²) >= 11 is 12.2. The number of piperazine rings is 1. The van der Waals surface area contributed by atoms with Crippen molar-refractivity contribution in [2.75, 3.05) is 39.8 Å². The molecule has 1 fully saturated rings. The topological polar surface area (TPSA) is 57.9 Å². The van der Waals surface area contributed by atoms with E-state index in [1.165, 1.54) is 0 Å². The molecule has 0 unspecified atom stereocenters. The minimum atomic E-state index is -0.199. The van der Waals surface area contributed by atoms with Crippen LogP contribution in [0, 0.1) is 0 Å². The molecular formula is C25H22Cl2N4O2. The molecule has 5 rings (SSSR count). The molecule has 2 aromatic carbocycles. The lowest BCUT2D eigenvalue weighted by molar-refractivity contribution is 0.0878. The van der Waals surface area contributed by atoms with Gasteiger partial charge < -0.3 is 4.90 Å². The molecule has 8 heteroatoms. The third-order valence-electron chi connectivity index (χ3n) is 6.17. The number of nitrogens with zero attached hydrogens (tertiary/aromatic N) is 4. The van der Waals surface area contributed by atoms with Crippen LogP contribution in [0.2, 0.25) is 10.0 Å². The Balaban J connectivity index is 1.63. The summed E-state index contributed by atoms with van der Waals surface area (Å²) in [6.45, 7) is 3.83. The Hall–Kier alpha value is -2.77. The average Bonchev–Trinajstić information content (AvgIpc) is 3.20. The van der Waals surface area contributed by atoms with E-state index in [1.807, 2.05) is 6.07 Å². The molecule has 0 radical (unpaired) electrons. The molecule has 1 aliphatic heterocycles.